The van der Waals surface area contributed by atoms with Crippen molar-refractivity contribution in [1.82, 2.24) is 15.5 Å². The van der Waals surface area contributed by atoms with E-state index in [-0.39, 0.29) is 12.1 Å². The fourth-order valence-electron chi connectivity index (χ4n) is 2.24. The minimum atomic E-state index is 0.102. The Morgan fingerprint density at radius 3 is 3.10 bits per heavy atom. The van der Waals surface area contributed by atoms with Crippen molar-refractivity contribution in [1.29, 1.82) is 0 Å². The fourth-order valence-corrected chi connectivity index (χ4v) is 3.65. The zero-order chi connectivity index (χ0) is 14.7. The van der Waals surface area contributed by atoms with Gasteiger partial charge < -0.3 is 14.6 Å². The van der Waals surface area contributed by atoms with E-state index in [9.17, 15) is 0 Å². The second-order valence-corrected chi connectivity index (χ2v) is 6.69. The van der Waals surface area contributed by atoms with Crippen LogP contribution in [-0.2, 0) is 10.5 Å². The van der Waals surface area contributed by atoms with Crippen LogP contribution >= 0.6 is 27.7 Å². The number of methoxy groups -OCH3 is 1. The highest BCUT2D eigenvalue weighted by Gasteiger charge is 2.29. The molecule has 2 atom stereocenters. The Bertz CT molecular complexity index is 607. The summed E-state index contributed by atoms with van der Waals surface area (Å²) in [7, 11) is 1.72. The lowest BCUT2D eigenvalue weighted by Gasteiger charge is -2.04. The summed E-state index contributed by atoms with van der Waals surface area (Å²) in [5.74, 6) is 2.05. The largest absolute Gasteiger partial charge is 0.380 e. The van der Waals surface area contributed by atoms with Crippen molar-refractivity contribution >= 4 is 27.7 Å². The van der Waals surface area contributed by atoms with Crippen LogP contribution in [-0.4, -0.2) is 29.9 Å². The van der Waals surface area contributed by atoms with E-state index in [0.29, 0.717) is 17.5 Å². The molecule has 112 valence electrons. The fraction of sp³-hybridized carbons (Fsp3) is 0.429. The average Bonchev–Trinajstić information content (AvgIpc) is 3.15. The van der Waals surface area contributed by atoms with Crippen molar-refractivity contribution in [2.75, 3.05) is 13.7 Å². The van der Waals surface area contributed by atoms with E-state index < -0.39 is 0 Å². The highest BCUT2D eigenvalue weighted by atomic mass is 79.9. The van der Waals surface area contributed by atoms with Gasteiger partial charge in [-0.3, -0.25) is 0 Å². The van der Waals surface area contributed by atoms with Gasteiger partial charge in [0, 0.05) is 23.0 Å². The molecule has 0 aliphatic carbocycles. The van der Waals surface area contributed by atoms with E-state index in [1.54, 1.807) is 18.9 Å². The molecule has 1 aliphatic heterocycles. The van der Waals surface area contributed by atoms with Crippen LogP contribution in [0.15, 0.2) is 38.2 Å². The maximum atomic E-state index is 5.36. The SMILES string of the molecule is CO[C@@H]1CN[C@@H](c2nc(CSc3ccccc3Br)no2)C1. The maximum Gasteiger partial charge on any atom is 0.243 e. The maximum absolute atomic E-state index is 5.36. The average molecular weight is 370 g/mol. The number of aromatic nitrogens is 2. The van der Waals surface area contributed by atoms with Crippen molar-refractivity contribution in [3.8, 4) is 0 Å². The summed E-state index contributed by atoms with van der Waals surface area (Å²) in [6, 6.07) is 8.21. The normalized spacial score (nSPS) is 21.8. The molecule has 2 heterocycles. The molecule has 5 nitrogen and oxygen atoms in total. The van der Waals surface area contributed by atoms with Crippen molar-refractivity contribution in [3.05, 3.63) is 40.5 Å². The van der Waals surface area contributed by atoms with Crippen molar-refractivity contribution in [2.24, 2.45) is 0 Å². The predicted octanol–water partition coefficient (Wildman–Crippen LogP) is 3.17. The summed E-state index contributed by atoms with van der Waals surface area (Å²) >= 11 is 5.22. The highest BCUT2D eigenvalue weighted by molar-refractivity contribution is 9.10. The summed E-state index contributed by atoms with van der Waals surface area (Å²) in [4.78, 5) is 5.64. The molecule has 1 aliphatic rings. The number of rotatable bonds is 5. The zero-order valence-corrected chi connectivity index (χ0v) is 14.0. The lowest BCUT2D eigenvalue weighted by Crippen LogP contribution is -2.16. The van der Waals surface area contributed by atoms with Gasteiger partial charge >= 0.3 is 0 Å². The minimum absolute atomic E-state index is 0.102. The van der Waals surface area contributed by atoms with Crippen LogP contribution in [0.2, 0.25) is 0 Å². The quantitative estimate of drug-likeness (QED) is 0.816. The van der Waals surface area contributed by atoms with Gasteiger partial charge in [-0.15, -0.1) is 11.8 Å². The molecule has 1 fully saturated rings. The topological polar surface area (TPSA) is 60.2 Å². The molecule has 1 N–H and O–H groups in total. The number of ether oxygens (including phenoxy) is 1. The third-order valence-corrected chi connectivity index (χ3v) is 5.42. The monoisotopic (exact) mass is 369 g/mol. The van der Waals surface area contributed by atoms with E-state index in [0.717, 1.165) is 17.4 Å². The highest BCUT2D eigenvalue weighted by Crippen LogP contribution is 2.30. The van der Waals surface area contributed by atoms with E-state index in [1.165, 1.54) is 4.90 Å². The Morgan fingerprint density at radius 2 is 2.33 bits per heavy atom. The van der Waals surface area contributed by atoms with Gasteiger partial charge in [-0.25, -0.2) is 0 Å². The molecule has 7 heteroatoms. The molecule has 0 saturated carbocycles. The number of nitrogens with one attached hydrogen (secondary N) is 1. The number of hydrogen-bond acceptors (Lipinski definition) is 6. The molecule has 0 unspecified atom stereocenters. The first-order valence-electron chi connectivity index (χ1n) is 6.72. The Morgan fingerprint density at radius 1 is 1.48 bits per heavy atom. The molecule has 1 aromatic heterocycles. The molecule has 1 saturated heterocycles. The van der Waals surface area contributed by atoms with Crippen molar-refractivity contribution in [2.45, 2.75) is 29.2 Å². The van der Waals surface area contributed by atoms with Gasteiger partial charge in [-0.2, -0.15) is 4.98 Å². The van der Waals surface area contributed by atoms with Crippen molar-refractivity contribution < 1.29 is 9.26 Å². The summed E-state index contributed by atoms with van der Waals surface area (Å²) in [6.07, 6.45) is 1.09. The number of hydrogen-bond donors (Lipinski definition) is 1. The Labute approximate surface area is 136 Å². The first kappa shape index (κ1) is 15.0. The van der Waals surface area contributed by atoms with Gasteiger partial charge in [-0.05, 0) is 34.5 Å². The third-order valence-electron chi connectivity index (χ3n) is 3.40. The van der Waals surface area contributed by atoms with Crippen LogP contribution in [0.3, 0.4) is 0 Å². The van der Waals surface area contributed by atoms with E-state index in [4.69, 9.17) is 9.26 Å². The first-order chi connectivity index (χ1) is 10.3. The van der Waals surface area contributed by atoms with Gasteiger partial charge in [0.15, 0.2) is 5.82 Å². The molecule has 21 heavy (non-hydrogen) atoms. The standard InChI is InChI=1S/C14H16BrN3O2S/c1-19-9-6-11(16-7-9)14-17-13(18-20-14)8-21-12-5-3-2-4-10(12)15/h2-5,9,11,16H,6-8H2,1H3/t9-,11+/m0/s1. The summed E-state index contributed by atoms with van der Waals surface area (Å²) in [6.45, 7) is 0.824. The molecule has 1 aromatic carbocycles. The Balaban J connectivity index is 1.60. The third kappa shape index (κ3) is 3.66. The molecular formula is C14H16BrN3O2S. The minimum Gasteiger partial charge on any atom is -0.380 e. The smallest absolute Gasteiger partial charge is 0.243 e. The molecule has 0 amide bonds. The summed E-state index contributed by atoms with van der Waals surface area (Å²) in [5.41, 5.74) is 0. The molecule has 3 rings (SSSR count). The van der Waals surface area contributed by atoms with Crippen LogP contribution < -0.4 is 5.32 Å². The Kier molecular flexibility index (Phi) is 4.95. The molecule has 2 aromatic rings. The molecule has 0 radical (unpaired) electrons. The van der Waals surface area contributed by atoms with Crippen LogP contribution in [0.5, 0.6) is 0 Å². The predicted molar refractivity (Wildman–Crippen MR) is 84.2 cm³/mol. The van der Waals surface area contributed by atoms with E-state index in [1.807, 2.05) is 18.2 Å². The molecular weight excluding hydrogens is 354 g/mol. The summed E-state index contributed by atoms with van der Waals surface area (Å²) in [5, 5.41) is 7.39. The molecule has 0 bridgehead atoms. The number of nitrogens with zero attached hydrogens (tertiary/aromatic N) is 2. The van der Waals surface area contributed by atoms with E-state index in [2.05, 4.69) is 37.5 Å². The lowest BCUT2D eigenvalue weighted by molar-refractivity contribution is 0.116. The number of thioether (sulfide) groups is 1. The number of benzene rings is 1. The second-order valence-electron chi connectivity index (χ2n) is 4.82. The summed E-state index contributed by atoms with van der Waals surface area (Å²) < 4.78 is 11.8. The number of halogens is 1. The van der Waals surface area contributed by atoms with Crippen LogP contribution in [0.25, 0.3) is 0 Å². The Hall–Kier alpha value is -0.890. The van der Waals surface area contributed by atoms with Gasteiger partial charge in [-0.1, -0.05) is 17.3 Å². The van der Waals surface area contributed by atoms with Crippen LogP contribution in [0, 0.1) is 0 Å². The molecule has 0 spiro atoms. The van der Waals surface area contributed by atoms with Gasteiger partial charge in [0.05, 0.1) is 17.9 Å². The first-order valence-corrected chi connectivity index (χ1v) is 8.50. The van der Waals surface area contributed by atoms with Gasteiger partial charge in [0.1, 0.15) is 0 Å². The van der Waals surface area contributed by atoms with Gasteiger partial charge in [0.25, 0.3) is 0 Å². The van der Waals surface area contributed by atoms with Crippen LogP contribution in [0.1, 0.15) is 24.2 Å². The van der Waals surface area contributed by atoms with E-state index >= 15 is 0 Å². The van der Waals surface area contributed by atoms with Gasteiger partial charge in [0.2, 0.25) is 5.89 Å². The van der Waals surface area contributed by atoms with Crippen molar-refractivity contribution in [3.63, 3.8) is 0 Å². The van der Waals surface area contributed by atoms with Crippen LogP contribution in [0.4, 0.5) is 0 Å². The zero-order valence-electron chi connectivity index (χ0n) is 11.6. The lowest BCUT2D eigenvalue weighted by atomic mass is 10.2. The second kappa shape index (κ2) is 6.91.